The highest BCUT2D eigenvalue weighted by atomic mass is 16.7. The lowest BCUT2D eigenvalue weighted by Crippen LogP contribution is -2.17. The molecule has 0 saturated heterocycles. The number of hydrogen-bond acceptors (Lipinski definition) is 2. The summed E-state index contributed by atoms with van der Waals surface area (Å²) in [5.74, 6) is 0. The van der Waals surface area contributed by atoms with Crippen molar-refractivity contribution in [3.05, 3.63) is 0 Å². The van der Waals surface area contributed by atoms with Crippen LogP contribution in [0.3, 0.4) is 0 Å². The molecule has 0 aromatic rings. The summed E-state index contributed by atoms with van der Waals surface area (Å²) in [5.41, 5.74) is 0. The van der Waals surface area contributed by atoms with Gasteiger partial charge in [-0.3, -0.25) is 0 Å². The maximum atomic E-state index is 5.54. The maximum Gasteiger partial charge on any atom is 0.157 e. The van der Waals surface area contributed by atoms with E-state index in [1.54, 1.807) is 0 Å². The topological polar surface area (TPSA) is 18.5 Å². The van der Waals surface area contributed by atoms with Crippen LogP contribution >= 0.6 is 0 Å². The molecule has 0 spiro atoms. The van der Waals surface area contributed by atoms with E-state index in [2.05, 4.69) is 13.8 Å². The molecule has 0 bridgehead atoms. The number of ether oxygens (including phenoxy) is 2. The molecule has 0 aliphatic rings. The van der Waals surface area contributed by atoms with E-state index in [4.69, 9.17) is 9.47 Å². The number of hydrogen-bond donors (Lipinski definition) is 0. The summed E-state index contributed by atoms with van der Waals surface area (Å²) in [7, 11) is 0. The molecule has 2 nitrogen and oxygen atoms in total. The molecule has 0 aliphatic heterocycles. The second-order valence-electron chi connectivity index (χ2n) is 2.90. The third-order valence-electron chi connectivity index (χ3n) is 1.68. The third kappa shape index (κ3) is 6.62. The lowest BCUT2D eigenvalue weighted by molar-refractivity contribution is -0.143. The highest BCUT2D eigenvalue weighted by Gasteiger charge is 2.05. The fourth-order valence-electron chi connectivity index (χ4n) is 0.995. The number of unbranched alkanes of at least 4 members (excludes halogenated alkanes) is 1. The Morgan fingerprint density at radius 2 is 1.75 bits per heavy atom. The minimum absolute atomic E-state index is 0.0338. The standard InChI is InChI=1S/C10H22O2/c1-4-7-9-12-10(8-5-2)11-6-3/h10H,4-9H2,1-3H3. The Labute approximate surface area is 76.3 Å². The molecule has 74 valence electrons. The van der Waals surface area contributed by atoms with Crippen molar-refractivity contribution in [1.82, 2.24) is 0 Å². The zero-order valence-electron chi connectivity index (χ0n) is 8.64. The largest absolute Gasteiger partial charge is 0.353 e. The molecule has 0 aliphatic carbocycles. The van der Waals surface area contributed by atoms with Crippen molar-refractivity contribution in [2.24, 2.45) is 0 Å². The van der Waals surface area contributed by atoms with Gasteiger partial charge in [0.25, 0.3) is 0 Å². The summed E-state index contributed by atoms with van der Waals surface area (Å²) in [6.45, 7) is 7.90. The monoisotopic (exact) mass is 174 g/mol. The molecule has 0 saturated carbocycles. The molecule has 0 aromatic carbocycles. The summed E-state index contributed by atoms with van der Waals surface area (Å²) in [5, 5.41) is 0. The lowest BCUT2D eigenvalue weighted by atomic mass is 10.3. The van der Waals surface area contributed by atoms with E-state index in [1.165, 1.54) is 6.42 Å². The fraction of sp³-hybridized carbons (Fsp3) is 1.00. The maximum absolute atomic E-state index is 5.54. The predicted octanol–water partition coefficient (Wildman–Crippen LogP) is 2.97. The Bertz CT molecular complexity index is 77.9. The Morgan fingerprint density at radius 3 is 2.25 bits per heavy atom. The van der Waals surface area contributed by atoms with Crippen molar-refractivity contribution in [1.29, 1.82) is 0 Å². The quantitative estimate of drug-likeness (QED) is 0.416. The van der Waals surface area contributed by atoms with E-state index >= 15 is 0 Å². The van der Waals surface area contributed by atoms with Crippen LogP contribution in [0.5, 0.6) is 0 Å². The summed E-state index contributed by atoms with van der Waals surface area (Å²) >= 11 is 0. The first-order valence-corrected chi connectivity index (χ1v) is 5.08. The minimum Gasteiger partial charge on any atom is -0.353 e. The predicted molar refractivity (Wildman–Crippen MR) is 51.2 cm³/mol. The SMILES string of the molecule is CCCCOC(CCC)OCC. The van der Waals surface area contributed by atoms with Crippen molar-refractivity contribution in [3.8, 4) is 0 Å². The smallest absolute Gasteiger partial charge is 0.157 e. The van der Waals surface area contributed by atoms with E-state index in [9.17, 15) is 0 Å². The third-order valence-corrected chi connectivity index (χ3v) is 1.68. The second kappa shape index (κ2) is 9.01. The van der Waals surface area contributed by atoms with Crippen molar-refractivity contribution >= 4 is 0 Å². The van der Waals surface area contributed by atoms with Gasteiger partial charge in [0.1, 0.15) is 0 Å². The van der Waals surface area contributed by atoms with Crippen LogP contribution in [0, 0.1) is 0 Å². The average molecular weight is 174 g/mol. The summed E-state index contributed by atoms with van der Waals surface area (Å²) < 4.78 is 10.9. The Morgan fingerprint density at radius 1 is 1.00 bits per heavy atom. The second-order valence-corrected chi connectivity index (χ2v) is 2.90. The van der Waals surface area contributed by atoms with Crippen LogP contribution in [0.25, 0.3) is 0 Å². The van der Waals surface area contributed by atoms with Gasteiger partial charge in [0.2, 0.25) is 0 Å². The molecule has 1 unspecified atom stereocenters. The summed E-state index contributed by atoms with van der Waals surface area (Å²) in [6.07, 6.45) is 4.48. The van der Waals surface area contributed by atoms with Crippen molar-refractivity contribution in [3.63, 3.8) is 0 Å². The zero-order chi connectivity index (χ0) is 9.23. The molecule has 0 rings (SSSR count). The zero-order valence-corrected chi connectivity index (χ0v) is 8.64. The molecule has 0 heterocycles. The first-order valence-electron chi connectivity index (χ1n) is 5.08. The first-order chi connectivity index (χ1) is 5.85. The average Bonchev–Trinajstić information content (AvgIpc) is 2.06. The van der Waals surface area contributed by atoms with Crippen LogP contribution < -0.4 is 0 Å². The van der Waals surface area contributed by atoms with Gasteiger partial charge in [-0.05, 0) is 19.8 Å². The van der Waals surface area contributed by atoms with E-state index in [1.807, 2.05) is 6.92 Å². The molecule has 2 heteroatoms. The summed E-state index contributed by atoms with van der Waals surface area (Å²) in [4.78, 5) is 0. The van der Waals surface area contributed by atoms with E-state index < -0.39 is 0 Å². The van der Waals surface area contributed by atoms with Gasteiger partial charge < -0.3 is 9.47 Å². The molecular weight excluding hydrogens is 152 g/mol. The van der Waals surface area contributed by atoms with Crippen molar-refractivity contribution in [2.75, 3.05) is 13.2 Å². The molecule has 0 radical (unpaired) electrons. The normalized spacial score (nSPS) is 13.2. The molecule has 0 fully saturated rings. The molecule has 12 heavy (non-hydrogen) atoms. The van der Waals surface area contributed by atoms with Crippen molar-refractivity contribution in [2.45, 2.75) is 52.7 Å². The highest BCUT2D eigenvalue weighted by Crippen LogP contribution is 2.04. The van der Waals surface area contributed by atoms with Gasteiger partial charge in [-0.25, -0.2) is 0 Å². The molecular formula is C10H22O2. The highest BCUT2D eigenvalue weighted by molar-refractivity contribution is 4.43. The molecule has 1 atom stereocenters. The minimum atomic E-state index is 0.0338. The molecule has 0 amide bonds. The van der Waals surface area contributed by atoms with Crippen LogP contribution in [0.2, 0.25) is 0 Å². The van der Waals surface area contributed by atoms with Crippen LogP contribution in [0.1, 0.15) is 46.5 Å². The van der Waals surface area contributed by atoms with E-state index in [0.717, 1.165) is 32.5 Å². The van der Waals surface area contributed by atoms with Gasteiger partial charge >= 0.3 is 0 Å². The van der Waals surface area contributed by atoms with E-state index in [0.29, 0.717) is 0 Å². The van der Waals surface area contributed by atoms with E-state index in [-0.39, 0.29) is 6.29 Å². The van der Waals surface area contributed by atoms with Gasteiger partial charge in [0.15, 0.2) is 6.29 Å². The van der Waals surface area contributed by atoms with Crippen LogP contribution in [-0.2, 0) is 9.47 Å². The van der Waals surface area contributed by atoms with Crippen LogP contribution in [0.15, 0.2) is 0 Å². The van der Waals surface area contributed by atoms with Crippen molar-refractivity contribution < 1.29 is 9.47 Å². The lowest BCUT2D eigenvalue weighted by Gasteiger charge is -2.16. The van der Waals surface area contributed by atoms with Gasteiger partial charge in [-0.2, -0.15) is 0 Å². The summed E-state index contributed by atoms with van der Waals surface area (Å²) in [6, 6.07) is 0. The van der Waals surface area contributed by atoms with Crippen LogP contribution in [0.4, 0.5) is 0 Å². The Balaban J connectivity index is 3.34. The molecule has 0 N–H and O–H groups in total. The van der Waals surface area contributed by atoms with Gasteiger partial charge in [0.05, 0.1) is 0 Å². The first kappa shape index (κ1) is 11.9. The van der Waals surface area contributed by atoms with Gasteiger partial charge in [0, 0.05) is 13.2 Å². The van der Waals surface area contributed by atoms with Gasteiger partial charge in [-0.15, -0.1) is 0 Å². The molecule has 0 aromatic heterocycles. The van der Waals surface area contributed by atoms with Crippen LogP contribution in [-0.4, -0.2) is 19.5 Å². The van der Waals surface area contributed by atoms with Gasteiger partial charge in [-0.1, -0.05) is 26.7 Å². The Kier molecular flexibility index (Phi) is 8.95. The Hall–Kier alpha value is -0.0800. The fourth-order valence-corrected chi connectivity index (χ4v) is 0.995. The number of rotatable bonds is 8.